The zero-order chi connectivity index (χ0) is 24.9. The smallest absolute Gasteiger partial charge is 0.274 e. The van der Waals surface area contributed by atoms with E-state index in [1.165, 1.54) is 31.4 Å². The molecule has 0 fully saturated rings. The first-order valence-electron chi connectivity index (χ1n) is 10.8. The highest BCUT2D eigenvalue weighted by Crippen LogP contribution is 2.27. The number of rotatable bonds is 6. The topological polar surface area (TPSA) is 93.2 Å². The fourth-order valence-corrected chi connectivity index (χ4v) is 3.57. The third-order valence-electron chi connectivity index (χ3n) is 5.30. The molecule has 4 aromatic rings. The van der Waals surface area contributed by atoms with Crippen LogP contribution in [0.2, 0.25) is 0 Å². The van der Waals surface area contributed by atoms with E-state index in [0.29, 0.717) is 5.75 Å². The van der Waals surface area contributed by atoms with Gasteiger partial charge in [-0.3, -0.25) is 19.6 Å². The van der Waals surface area contributed by atoms with Crippen LogP contribution in [-0.4, -0.2) is 28.8 Å². The number of pyridine rings is 2. The molecule has 0 spiro atoms. The number of carbonyl (C=O) groups is 2. The number of anilines is 1. The van der Waals surface area contributed by atoms with Crippen molar-refractivity contribution >= 4 is 17.5 Å². The van der Waals surface area contributed by atoms with Crippen LogP contribution in [0.1, 0.15) is 32.1 Å². The van der Waals surface area contributed by atoms with E-state index >= 15 is 0 Å². The van der Waals surface area contributed by atoms with Crippen LogP contribution in [0.5, 0.6) is 11.5 Å². The average Bonchev–Trinajstić information content (AvgIpc) is 2.85. The lowest BCUT2D eigenvalue weighted by Gasteiger charge is -2.11. The van der Waals surface area contributed by atoms with Crippen molar-refractivity contribution in [2.45, 2.75) is 13.8 Å². The molecule has 0 radical (unpaired) electrons. The average molecular weight is 471 g/mol. The highest BCUT2D eigenvalue weighted by molar-refractivity contribution is 6.03. The van der Waals surface area contributed by atoms with Gasteiger partial charge in [-0.2, -0.15) is 0 Å². The molecule has 4 rings (SSSR count). The normalized spacial score (nSPS) is 10.5. The Kier molecular flexibility index (Phi) is 6.82. The van der Waals surface area contributed by atoms with Crippen LogP contribution in [0.15, 0.2) is 73.1 Å². The van der Waals surface area contributed by atoms with E-state index in [4.69, 9.17) is 4.74 Å². The summed E-state index contributed by atoms with van der Waals surface area (Å²) < 4.78 is 20.4. The fourth-order valence-electron chi connectivity index (χ4n) is 3.57. The Morgan fingerprint density at radius 1 is 0.829 bits per heavy atom. The molecule has 8 heteroatoms. The number of amides is 2. The van der Waals surface area contributed by atoms with Crippen molar-refractivity contribution in [2.24, 2.45) is 0 Å². The van der Waals surface area contributed by atoms with Gasteiger partial charge in [0, 0.05) is 31.6 Å². The number of hydrogen-bond acceptors (Lipinski definition) is 5. The summed E-state index contributed by atoms with van der Waals surface area (Å²) in [7, 11) is 1.50. The lowest BCUT2D eigenvalue weighted by Crippen LogP contribution is -2.18. The zero-order valence-corrected chi connectivity index (χ0v) is 19.4. The number of aryl methyl sites for hydroxylation is 2. The third-order valence-corrected chi connectivity index (χ3v) is 5.30. The molecule has 2 heterocycles. The molecule has 7 nitrogen and oxygen atoms in total. The number of ether oxygens (including phenoxy) is 1. The van der Waals surface area contributed by atoms with E-state index in [1.54, 1.807) is 18.3 Å². The molecule has 2 N–H and O–H groups in total. The Bertz CT molecular complexity index is 1420. The maximum Gasteiger partial charge on any atom is 0.274 e. The monoisotopic (exact) mass is 470 g/mol. The second-order valence-electron chi connectivity index (χ2n) is 7.90. The van der Waals surface area contributed by atoms with E-state index in [-0.39, 0.29) is 28.7 Å². The summed E-state index contributed by atoms with van der Waals surface area (Å²) in [4.78, 5) is 32.6. The van der Waals surface area contributed by atoms with Gasteiger partial charge in [0.25, 0.3) is 11.8 Å². The summed E-state index contributed by atoms with van der Waals surface area (Å²) in [5, 5.41) is 5.03. The number of hydrogen-bond donors (Lipinski definition) is 2. The maximum atomic E-state index is 14.7. The van der Waals surface area contributed by atoms with Gasteiger partial charge in [-0.25, -0.2) is 4.39 Å². The van der Waals surface area contributed by atoms with Crippen molar-refractivity contribution in [1.29, 1.82) is 0 Å². The van der Waals surface area contributed by atoms with Crippen molar-refractivity contribution in [3.63, 3.8) is 0 Å². The van der Waals surface area contributed by atoms with Crippen LogP contribution >= 0.6 is 0 Å². The SMILES string of the molecule is CNC(=O)c1cc(Oc2ccc(NC(=O)c3cc(-c4ccc(C)cc4C)ccn3)c(F)c2)ccn1. The first kappa shape index (κ1) is 23.6. The van der Waals surface area contributed by atoms with Gasteiger partial charge in [-0.1, -0.05) is 23.8 Å². The summed E-state index contributed by atoms with van der Waals surface area (Å²) in [5.74, 6) is -1.06. The Morgan fingerprint density at radius 3 is 2.26 bits per heavy atom. The van der Waals surface area contributed by atoms with Gasteiger partial charge in [0.05, 0.1) is 5.69 Å². The van der Waals surface area contributed by atoms with E-state index in [2.05, 4.69) is 26.7 Å². The predicted molar refractivity (Wildman–Crippen MR) is 131 cm³/mol. The molecule has 0 bridgehead atoms. The number of benzene rings is 2. The largest absolute Gasteiger partial charge is 0.457 e. The molecule has 0 aliphatic heterocycles. The standard InChI is InChI=1S/C27H23FN4O3/c1-16-4-6-21(17(2)12-16)18-8-10-30-24(13-18)27(34)32-23-7-5-19(14-22(23)28)35-20-9-11-31-25(15-20)26(33)29-3/h4-15H,1-3H3,(H,29,33)(H,32,34). The molecule has 2 amide bonds. The van der Waals surface area contributed by atoms with Gasteiger partial charge in [0.1, 0.15) is 28.7 Å². The quantitative estimate of drug-likeness (QED) is 0.399. The first-order chi connectivity index (χ1) is 16.8. The first-order valence-corrected chi connectivity index (χ1v) is 10.8. The summed E-state index contributed by atoms with van der Waals surface area (Å²) in [5.41, 5.74) is 4.40. The molecule has 0 aliphatic rings. The molecule has 2 aromatic heterocycles. The van der Waals surface area contributed by atoms with Crippen LogP contribution in [-0.2, 0) is 0 Å². The summed E-state index contributed by atoms with van der Waals surface area (Å²) in [6.45, 7) is 4.03. The van der Waals surface area contributed by atoms with Crippen molar-refractivity contribution in [3.05, 3.63) is 101 Å². The molecule has 35 heavy (non-hydrogen) atoms. The minimum atomic E-state index is -0.679. The Labute approximate surface area is 202 Å². The van der Waals surface area contributed by atoms with Crippen molar-refractivity contribution in [2.75, 3.05) is 12.4 Å². The lowest BCUT2D eigenvalue weighted by molar-refractivity contribution is 0.0957. The number of carbonyl (C=O) groups excluding carboxylic acids is 2. The predicted octanol–water partition coefficient (Wildman–Crippen LogP) is 5.30. The molecular weight excluding hydrogens is 447 g/mol. The number of nitrogens with zero attached hydrogens (tertiary/aromatic N) is 2. The van der Waals surface area contributed by atoms with Crippen LogP contribution in [0, 0.1) is 19.7 Å². The highest BCUT2D eigenvalue weighted by atomic mass is 19.1. The van der Waals surface area contributed by atoms with E-state index < -0.39 is 11.7 Å². The number of halogens is 1. The summed E-state index contributed by atoms with van der Waals surface area (Å²) >= 11 is 0. The molecule has 2 aromatic carbocycles. The van der Waals surface area contributed by atoms with Crippen LogP contribution in [0.3, 0.4) is 0 Å². The number of aromatic nitrogens is 2. The minimum Gasteiger partial charge on any atom is -0.457 e. The fraction of sp³-hybridized carbons (Fsp3) is 0.111. The van der Waals surface area contributed by atoms with Crippen molar-refractivity contribution < 1.29 is 18.7 Å². The van der Waals surface area contributed by atoms with Crippen molar-refractivity contribution in [3.8, 4) is 22.6 Å². The second kappa shape index (κ2) is 10.1. The highest BCUT2D eigenvalue weighted by Gasteiger charge is 2.14. The zero-order valence-electron chi connectivity index (χ0n) is 19.4. The van der Waals surface area contributed by atoms with E-state index in [9.17, 15) is 14.0 Å². The molecule has 0 saturated carbocycles. The Balaban J connectivity index is 1.49. The molecule has 0 aliphatic carbocycles. The maximum absolute atomic E-state index is 14.7. The van der Waals surface area contributed by atoms with Gasteiger partial charge in [-0.05, 0) is 60.9 Å². The molecule has 176 valence electrons. The van der Waals surface area contributed by atoms with Gasteiger partial charge in [-0.15, -0.1) is 0 Å². The molecule has 0 unspecified atom stereocenters. The Morgan fingerprint density at radius 2 is 1.54 bits per heavy atom. The minimum absolute atomic E-state index is 0.0122. The number of nitrogens with one attached hydrogen (secondary N) is 2. The second-order valence-corrected chi connectivity index (χ2v) is 7.90. The van der Waals surface area contributed by atoms with Gasteiger partial charge in [0.2, 0.25) is 0 Å². The summed E-state index contributed by atoms with van der Waals surface area (Å²) in [6, 6.07) is 16.6. The van der Waals surface area contributed by atoms with Crippen LogP contribution in [0.25, 0.3) is 11.1 Å². The van der Waals surface area contributed by atoms with E-state index in [0.717, 1.165) is 28.3 Å². The summed E-state index contributed by atoms with van der Waals surface area (Å²) in [6.07, 6.45) is 2.97. The van der Waals surface area contributed by atoms with Gasteiger partial charge in [0.15, 0.2) is 0 Å². The van der Waals surface area contributed by atoms with Gasteiger partial charge < -0.3 is 15.4 Å². The molecule has 0 saturated heterocycles. The van der Waals surface area contributed by atoms with Crippen LogP contribution in [0.4, 0.5) is 10.1 Å². The lowest BCUT2D eigenvalue weighted by atomic mass is 9.99. The molecular formula is C27H23FN4O3. The molecule has 0 atom stereocenters. The third kappa shape index (κ3) is 5.50. The van der Waals surface area contributed by atoms with Gasteiger partial charge >= 0.3 is 0 Å². The van der Waals surface area contributed by atoms with Crippen molar-refractivity contribution in [1.82, 2.24) is 15.3 Å². The van der Waals surface area contributed by atoms with Crippen LogP contribution < -0.4 is 15.4 Å². The Hall–Kier alpha value is -4.59. The van der Waals surface area contributed by atoms with E-state index in [1.807, 2.05) is 32.0 Å².